The first-order valence-electron chi connectivity index (χ1n) is 5.25. The number of aromatic amines is 1. The van der Waals surface area contributed by atoms with E-state index in [1.807, 2.05) is 26.8 Å². The molecule has 0 aliphatic rings. The number of fused-ring (bicyclic) bond motifs is 1. The normalized spacial score (nSPS) is 9.50. The van der Waals surface area contributed by atoms with Crippen LogP contribution in [0.3, 0.4) is 0 Å². The Bertz CT molecular complexity index is 494. The number of ether oxygens (including phenoxy) is 1. The fourth-order valence-electron chi connectivity index (χ4n) is 1.39. The van der Waals surface area contributed by atoms with Gasteiger partial charge in [0.2, 0.25) is 0 Å². The summed E-state index contributed by atoms with van der Waals surface area (Å²) in [6.07, 6.45) is 0. The van der Waals surface area contributed by atoms with Crippen LogP contribution < -0.4 is 0 Å². The van der Waals surface area contributed by atoms with Crippen LogP contribution in [0.25, 0.3) is 10.9 Å². The Balaban J connectivity index is 0.000000811. The van der Waals surface area contributed by atoms with E-state index < -0.39 is 0 Å². The summed E-state index contributed by atoms with van der Waals surface area (Å²) in [6.45, 7) is 5.94. The summed E-state index contributed by atoms with van der Waals surface area (Å²) in [6, 6.07) is 5.31. The molecule has 1 heterocycles. The van der Waals surface area contributed by atoms with Crippen molar-refractivity contribution in [2.24, 2.45) is 0 Å². The van der Waals surface area contributed by atoms with E-state index in [9.17, 15) is 4.79 Å². The van der Waals surface area contributed by atoms with E-state index in [4.69, 9.17) is 0 Å². The molecule has 0 amide bonds. The van der Waals surface area contributed by atoms with Crippen molar-refractivity contribution in [3.05, 3.63) is 29.5 Å². The molecule has 88 valence electrons. The summed E-state index contributed by atoms with van der Waals surface area (Å²) in [5.41, 5.74) is 2.30. The number of aryl methyl sites for hydroxylation is 1. The van der Waals surface area contributed by atoms with Crippen molar-refractivity contribution < 1.29 is 11.0 Å². The zero-order valence-electron chi connectivity index (χ0n) is 10.00. The minimum absolute atomic E-state index is 0. The van der Waals surface area contributed by atoms with Gasteiger partial charge in [-0.1, -0.05) is 19.9 Å². The SMILES string of the molecule is CC.COC(=O)c1ccc2c(C)[nH]nc2c1.[HH]. The van der Waals surface area contributed by atoms with Gasteiger partial charge in [0.15, 0.2) is 0 Å². The lowest BCUT2D eigenvalue weighted by molar-refractivity contribution is 0.0601. The molecule has 1 N–H and O–H groups in total. The first-order chi connectivity index (χ1) is 7.72. The highest BCUT2D eigenvalue weighted by Crippen LogP contribution is 2.16. The predicted molar refractivity (Wildman–Crippen MR) is 65.6 cm³/mol. The van der Waals surface area contributed by atoms with Crippen LogP contribution in [0.2, 0.25) is 0 Å². The molecule has 0 fully saturated rings. The Morgan fingerprint density at radius 2 is 2.12 bits per heavy atom. The lowest BCUT2D eigenvalue weighted by Crippen LogP contribution is -2.00. The molecule has 4 heteroatoms. The van der Waals surface area contributed by atoms with Crippen LogP contribution in [0.4, 0.5) is 0 Å². The van der Waals surface area contributed by atoms with Gasteiger partial charge >= 0.3 is 5.97 Å². The molecular weight excluding hydrogens is 204 g/mol. The number of esters is 1. The van der Waals surface area contributed by atoms with Gasteiger partial charge in [0.1, 0.15) is 0 Å². The number of aromatic nitrogens is 2. The van der Waals surface area contributed by atoms with E-state index in [2.05, 4.69) is 14.9 Å². The Morgan fingerprint density at radius 1 is 1.44 bits per heavy atom. The molecule has 0 spiro atoms. The van der Waals surface area contributed by atoms with Gasteiger partial charge in [-0.05, 0) is 19.1 Å². The molecule has 0 saturated heterocycles. The lowest BCUT2D eigenvalue weighted by Gasteiger charge is -1.97. The predicted octanol–water partition coefficient (Wildman–Crippen LogP) is 2.93. The number of nitrogens with one attached hydrogen (secondary N) is 1. The quantitative estimate of drug-likeness (QED) is 0.755. The maximum absolute atomic E-state index is 11.2. The van der Waals surface area contributed by atoms with Crippen LogP contribution in [0.15, 0.2) is 18.2 Å². The Morgan fingerprint density at radius 3 is 2.75 bits per heavy atom. The molecular formula is C12H18N2O2. The van der Waals surface area contributed by atoms with Crippen molar-refractivity contribution in [2.45, 2.75) is 20.8 Å². The Labute approximate surface area is 96.1 Å². The van der Waals surface area contributed by atoms with Crippen molar-refractivity contribution in [1.82, 2.24) is 10.2 Å². The number of benzene rings is 1. The van der Waals surface area contributed by atoms with Crippen LogP contribution in [0.5, 0.6) is 0 Å². The zero-order chi connectivity index (χ0) is 12.1. The second-order valence-electron chi connectivity index (χ2n) is 3.07. The number of rotatable bonds is 1. The molecule has 1 aromatic heterocycles. The number of hydrogen-bond acceptors (Lipinski definition) is 3. The van der Waals surface area contributed by atoms with Crippen LogP contribution in [-0.2, 0) is 4.74 Å². The van der Waals surface area contributed by atoms with Gasteiger partial charge in [-0.15, -0.1) is 0 Å². The van der Waals surface area contributed by atoms with Gasteiger partial charge in [0.25, 0.3) is 0 Å². The van der Waals surface area contributed by atoms with Gasteiger partial charge in [-0.2, -0.15) is 5.10 Å². The summed E-state index contributed by atoms with van der Waals surface area (Å²) < 4.78 is 4.62. The summed E-state index contributed by atoms with van der Waals surface area (Å²) in [7, 11) is 1.36. The fourth-order valence-corrected chi connectivity index (χ4v) is 1.39. The molecule has 2 rings (SSSR count). The highest BCUT2D eigenvalue weighted by Gasteiger charge is 2.08. The number of hydrogen-bond donors (Lipinski definition) is 1. The maximum Gasteiger partial charge on any atom is 0.337 e. The van der Waals surface area contributed by atoms with Gasteiger partial charge in [-0.3, -0.25) is 5.10 Å². The third-order valence-corrected chi connectivity index (χ3v) is 2.17. The molecule has 0 aliphatic carbocycles. The average molecular weight is 222 g/mol. The minimum atomic E-state index is -0.340. The second-order valence-corrected chi connectivity index (χ2v) is 3.07. The fraction of sp³-hybridized carbons (Fsp3) is 0.333. The molecule has 0 aliphatic heterocycles. The molecule has 16 heavy (non-hydrogen) atoms. The first-order valence-corrected chi connectivity index (χ1v) is 5.25. The molecule has 0 radical (unpaired) electrons. The van der Waals surface area contributed by atoms with Crippen LogP contribution in [-0.4, -0.2) is 23.3 Å². The summed E-state index contributed by atoms with van der Waals surface area (Å²) in [5, 5.41) is 7.95. The second kappa shape index (κ2) is 5.30. The summed E-state index contributed by atoms with van der Waals surface area (Å²) in [5.74, 6) is -0.340. The van der Waals surface area contributed by atoms with Crippen LogP contribution >= 0.6 is 0 Å². The minimum Gasteiger partial charge on any atom is -0.465 e. The van der Waals surface area contributed by atoms with Gasteiger partial charge in [0.05, 0.1) is 18.2 Å². The van der Waals surface area contributed by atoms with Crippen LogP contribution in [0, 0.1) is 6.92 Å². The van der Waals surface area contributed by atoms with Gasteiger partial charge in [0, 0.05) is 12.5 Å². The highest BCUT2D eigenvalue weighted by atomic mass is 16.5. The highest BCUT2D eigenvalue weighted by molar-refractivity contribution is 5.94. The van der Waals surface area contributed by atoms with Gasteiger partial charge < -0.3 is 4.74 Å². The number of H-pyrrole nitrogens is 1. The first kappa shape index (κ1) is 12.2. The third-order valence-electron chi connectivity index (χ3n) is 2.17. The standard InChI is InChI=1S/C10H10N2O2.C2H6.H2/c1-6-8-4-3-7(10(13)14-2)5-9(8)12-11-6;1-2;/h3-5H,1-2H3,(H,11,12);1-2H3;1H. The molecule has 0 saturated carbocycles. The van der Waals surface area contributed by atoms with E-state index in [0.29, 0.717) is 5.56 Å². The Kier molecular flexibility index (Phi) is 4.05. The summed E-state index contributed by atoms with van der Waals surface area (Å²) >= 11 is 0. The number of carbonyl (C=O) groups is 1. The van der Waals surface area contributed by atoms with Crippen molar-refractivity contribution in [3.8, 4) is 0 Å². The molecule has 0 unspecified atom stereocenters. The number of carbonyl (C=O) groups excluding carboxylic acids is 1. The van der Waals surface area contributed by atoms with E-state index in [1.54, 1.807) is 12.1 Å². The Hall–Kier alpha value is -1.84. The van der Waals surface area contributed by atoms with E-state index in [0.717, 1.165) is 16.6 Å². The van der Waals surface area contributed by atoms with Gasteiger partial charge in [-0.25, -0.2) is 4.79 Å². The third kappa shape index (κ3) is 2.21. The van der Waals surface area contributed by atoms with Crippen molar-refractivity contribution in [2.75, 3.05) is 7.11 Å². The molecule has 4 nitrogen and oxygen atoms in total. The number of methoxy groups -OCH3 is 1. The van der Waals surface area contributed by atoms with E-state index >= 15 is 0 Å². The van der Waals surface area contributed by atoms with Crippen molar-refractivity contribution in [3.63, 3.8) is 0 Å². The average Bonchev–Trinajstić information content (AvgIpc) is 2.72. The lowest BCUT2D eigenvalue weighted by atomic mass is 10.1. The zero-order valence-corrected chi connectivity index (χ0v) is 10.00. The van der Waals surface area contributed by atoms with E-state index in [-0.39, 0.29) is 7.40 Å². The monoisotopic (exact) mass is 222 g/mol. The summed E-state index contributed by atoms with van der Waals surface area (Å²) in [4.78, 5) is 11.2. The van der Waals surface area contributed by atoms with E-state index in [1.165, 1.54) is 7.11 Å². The van der Waals surface area contributed by atoms with Crippen molar-refractivity contribution in [1.29, 1.82) is 0 Å². The van der Waals surface area contributed by atoms with Crippen LogP contribution in [0.1, 0.15) is 31.3 Å². The maximum atomic E-state index is 11.2. The topological polar surface area (TPSA) is 55.0 Å². The molecule has 1 aromatic carbocycles. The molecule has 0 atom stereocenters. The van der Waals surface area contributed by atoms with Crippen molar-refractivity contribution >= 4 is 16.9 Å². The molecule has 2 aromatic rings. The largest absolute Gasteiger partial charge is 0.465 e. The molecule has 0 bridgehead atoms. The smallest absolute Gasteiger partial charge is 0.337 e. The number of nitrogens with zero attached hydrogens (tertiary/aromatic N) is 1.